The largest absolute Gasteiger partial charge is 0.497 e. The molecule has 2 atom stereocenters. The molecule has 2 aliphatic heterocycles. The molecule has 0 saturated carbocycles. The Morgan fingerprint density at radius 3 is 2.45 bits per heavy atom. The molecule has 2 saturated heterocycles. The number of aliphatic imine (C=N–C) groups is 1. The van der Waals surface area contributed by atoms with Gasteiger partial charge in [0, 0.05) is 62.7 Å². The van der Waals surface area contributed by atoms with Crippen molar-refractivity contribution < 1.29 is 9.47 Å². The lowest BCUT2D eigenvalue weighted by Gasteiger charge is -2.31. The number of piperidine rings is 1. The number of guanidine groups is 1. The van der Waals surface area contributed by atoms with Crippen LogP contribution in [0.3, 0.4) is 0 Å². The van der Waals surface area contributed by atoms with Crippen molar-refractivity contribution in [3.63, 3.8) is 0 Å². The fourth-order valence-corrected chi connectivity index (χ4v) is 4.41. The topological polar surface area (TPSA) is 61.4 Å². The van der Waals surface area contributed by atoms with Crippen molar-refractivity contribution >= 4 is 35.6 Å². The van der Waals surface area contributed by atoms with E-state index in [4.69, 9.17) is 14.5 Å². The Kier molecular flexibility index (Phi) is 11.0. The number of methoxy groups -OCH3 is 2. The average Bonchev–Trinajstić information content (AvgIpc) is 3.26. The van der Waals surface area contributed by atoms with E-state index in [1.54, 1.807) is 14.2 Å². The first-order valence-electron chi connectivity index (χ1n) is 11.4. The molecule has 8 heteroatoms. The molecule has 1 aromatic carbocycles. The van der Waals surface area contributed by atoms with Gasteiger partial charge in [0.1, 0.15) is 11.5 Å². The number of hydrogen-bond acceptors (Lipinski definition) is 5. The Morgan fingerprint density at radius 1 is 1.06 bits per heavy atom. The summed E-state index contributed by atoms with van der Waals surface area (Å²) >= 11 is 0. The standard InChI is InChI=1S/C23H39N5O2.HI/c1-5-24-23(25-15-18-8-7-10-27(6-2)16-18)26-19-9-11-28(17-19)20-12-21(29-3)14-22(13-20)30-4;/h12-14,18-19H,5-11,15-17H2,1-4H3,(H2,24,25,26);1H. The molecule has 0 radical (unpaired) electrons. The molecule has 176 valence electrons. The average molecular weight is 546 g/mol. The summed E-state index contributed by atoms with van der Waals surface area (Å²) < 4.78 is 10.9. The Labute approximate surface area is 205 Å². The van der Waals surface area contributed by atoms with Gasteiger partial charge in [-0.3, -0.25) is 4.99 Å². The highest BCUT2D eigenvalue weighted by Gasteiger charge is 2.25. The van der Waals surface area contributed by atoms with E-state index in [1.165, 1.54) is 25.9 Å². The highest BCUT2D eigenvalue weighted by molar-refractivity contribution is 14.0. The Bertz CT molecular complexity index is 680. The van der Waals surface area contributed by atoms with E-state index >= 15 is 0 Å². The minimum Gasteiger partial charge on any atom is -0.497 e. The SMILES string of the molecule is CCNC(=NCC1CCCN(CC)C1)NC1CCN(c2cc(OC)cc(OC)c2)C1.I. The number of rotatable bonds is 8. The van der Waals surface area contributed by atoms with Gasteiger partial charge in [0.15, 0.2) is 5.96 Å². The highest BCUT2D eigenvalue weighted by atomic mass is 127. The van der Waals surface area contributed by atoms with Crippen LogP contribution in [0.25, 0.3) is 0 Å². The smallest absolute Gasteiger partial charge is 0.191 e. The molecule has 31 heavy (non-hydrogen) atoms. The quantitative estimate of drug-likeness (QED) is 0.298. The van der Waals surface area contributed by atoms with Crippen molar-refractivity contribution in [3.8, 4) is 11.5 Å². The number of anilines is 1. The number of likely N-dealkylation sites (tertiary alicyclic amines) is 1. The number of hydrogen-bond donors (Lipinski definition) is 2. The van der Waals surface area contributed by atoms with Crippen molar-refractivity contribution in [2.24, 2.45) is 10.9 Å². The van der Waals surface area contributed by atoms with E-state index in [9.17, 15) is 0 Å². The monoisotopic (exact) mass is 545 g/mol. The minimum absolute atomic E-state index is 0. The van der Waals surface area contributed by atoms with E-state index in [-0.39, 0.29) is 24.0 Å². The van der Waals surface area contributed by atoms with Crippen molar-refractivity contribution in [2.75, 3.05) is 64.9 Å². The third kappa shape index (κ3) is 7.59. The first-order chi connectivity index (χ1) is 14.6. The molecule has 2 heterocycles. The second kappa shape index (κ2) is 13.2. The van der Waals surface area contributed by atoms with E-state index in [0.717, 1.165) is 62.3 Å². The lowest BCUT2D eigenvalue weighted by Crippen LogP contribution is -2.45. The molecule has 0 spiro atoms. The molecular formula is C23H40IN5O2. The Morgan fingerprint density at radius 2 is 1.81 bits per heavy atom. The summed E-state index contributed by atoms with van der Waals surface area (Å²) in [6.45, 7) is 11.6. The normalized spacial score (nSPS) is 22.1. The van der Waals surface area contributed by atoms with Gasteiger partial charge in [-0.25, -0.2) is 0 Å². The fraction of sp³-hybridized carbons (Fsp3) is 0.696. The second-order valence-corrected chi connectivity index (χ2v) is 8.27. The first-order valence-corrected chi connectivity index (χ1v) is 11.4. The van der Waals surface area contributed by atoms with Gasteiger partial charge in [0.25, 0.3) is 0 Å². The summed E-state index contributed by atoms with van der Waals surface area (Å²) in [6, 6.07) is 6.44. The molecule has 2 fully saturated rings. The van der Waals surface area contributed by atoms with Gasteiger partial charge in [-0.2, -0.15) is 0 Å². The third-order valence-electron chi connectivity index (χ3n) is 6.13. The predicted molar refractivity (Wildman–Crippen MR) is 140 cm³/mol. The summed E-state index contributed by atoms with van der Waals surface area (Å²) in [5.74, 6) is 3.26. The zero-order chi connectivity index (χ0) is 21.3. The summed E-state index contributed by atoms with van der Waals surface area (Å²) in [5, 5.41) is 7.09. The van der Waals surface area contributed by atoms with E-state index in [1.807, 2.05) is 6.07 Å². The molecule has 7 nitrogen and oxygen atoms in total. The van der Waals surface area contributed by atoms with E-state index in [0.29, 0.717) is 12.0 Å². The van der Waals surface area contributed by atoms with Crippen molar-refractivity contribution in [1.82, 2.24) is 15.5 Å². The van der Waals surface area contributed by atoms with Crippen LogP contribution in [0.2, 0.25) is 0 Å². The van der Waals surface area contributed by atoms with Gasteiger partial charge in [-0.15, -0.1) is 24.0 Å². The lowest BCUT2D eigenvalue weighted by molar-refractivity contribution is 0.186. The maximum Gasteiger partial charge on any atom is 0.191 e. The van der Waals surface area contributed by atoms with Gasteiger partial charge in [0.05, 0.1) is 14.2 Å². The molecule has 2 aliphatic rings. The van der Waals surface area contributed by atoms with Gasteiger partial charge in [0.2, 0.25) is 0 Å². The lowest BCUT2D eigenvalue weighted by atomic mass is 9.98. The number of nitrogens with one attached hydrogen (secondary N) is 2. The van der Waals surface area contributed by atoms with Crippen LogP contribution in [0, 0.1) is 5.92 Å². The molecule has 0 aromatic heterocycles. The summed E-state index contributed by atoms with van der Waals surface area (Å²) in [4.78, 5) is 9.86. The number of halogens is 1. The van der Waals surface area contributed by atoms with Crippen molar-refractivity contribution in [3.05, 3.63) is 18.2 Å². The predicted octanol–water partition coefficient (Wildman–Crippen LogP) is 3.19. The fourth-order valence-electron chi connectivity index (χ4n) is 4.41. The van der Waals surface area contributed by atoms with E-state index in [2.05, 4.69) is 46.4 Å². The van der Waals surface area contributed by atoms with Gasteiger partial charge in [-0.1, -0.05) is 6.92 Å². The highest BCUT2D eigenvalue weighted by Crippen LogP contribution is 2.30. The van der Waals surface area contributed by atoms with Gasteiger partial charge < -0.3 is 29.9 Å². The first kappa shape index (κ1) is 25.8. The number of nitrogens with zero attached hydrogens (tertiary/aromatic N) is 3. The molecule has 0 amide bonds. The number of benzene rings is 1. The minimum atomic E-state index is 0. The van der Waals surface area contributed by atoms with Crippen LogP contribution >= 0.6 is 24.0 Å². The van der Waals surface area contributed by atoms with Gasteiger partial charge in [-0.05, 0) is 45.2 Å². The maximum atomic E-state index is 5.43. The molecule has 0 aliphatic carbocycles. The van der Waals surface area contributed by atoms with Crippen LogP contribution < -0.4 is 25.0 Å². The summed E-state index contributed by atoms with van der Waals surface area (Å²) in [5.41, 5.74) is 1.14. The number of ether oxygens (including phenoxy) is 2. The molecular weight excluding hydrogens is 505 g/mol. The van der Waals surface area contributed by atoms with Crippen molar-refractivity contribution in [1.29, 1.82) is 0 Å². The molecule has 0 bridgehead atoms. The molecule has 2 N–H and O–H groups in total. The van der Waals surface area contributed by atoms with Crippen molar-refractivity contribution in [2.45, 2.75) is 39.2 Å². The van der Waals surface area contributed by atoms with Gasteiger partial charge >= 0.3 is 0 Å². The molecule has 3 rings (SSSR count). The van der Waals surface area contributed by atoms with Crippen LogP contribution in [0.4, 0.5) is 5.69 Å². The van der Waals surface area contributed by atoms with Crippen LogP contribution in [0.5, 0.6) is 11.5 Å². The second-order valence-electron chi connectivity index (χ2n) is 8.27. The summed E-state index contributed by atoms with van der Waals surface area (Å²) in [7, 11) is 3.39. The zero-order valence-corrected chi connectivity index (χ0v) is 21.9. The molecule has 1 aromatic rings. The molecule has 2 unspecified atom stereocenters. The van der Waals surface area contributed by atoms with E-state index < -0.39 is 0 Å². The summed E-state index contributed by atoms with van der Waals surface area (Å²) in [6.07, 6.45) is 3.66. The van der Waals surface area contributed by atoms with Crippen LogP contribution in [0.1, 0.15) is 33.1 Å². The Balaban J connectivity index is 0.00000341. The van der Waals surface area contributed by atoms with Crippen LogP contribution in [-0.2, 0) is 0 Å². The Hall–Kier alpha value is -1.42. The van der Waals surface area contributed by atoms with Crippen LogP contribution in [-0.4, -0.2) is 76.9 Å². The van der Waals surface area contributed by atoms with Crippen LogP contribution in [0.15, 0.2) is 23.2 Å². The maximum absolute atomic E-state index is 5.43. The third-order valence-corrected chi connectivity index (χ3v) is 6.13. The zero-order valence-electron chi connectivity index (χ0n) is 19.5.